The van der Waals surface area contributed by atoms with Crippen LogP contribution in [0.25, 0.3) is 22.2 Å². The second-order valence-electron chi connectivity index (χ2n) is 9.44. The van der Waals surface area contributed by atoms with E-state index in [1.165, 1.54) is 38.6 Å². The van der Waals surface area contributed by atoms with Crippen LogP contribution in [0.2, 0.25) is 0 Å². The molecule has 1 unspecified atom stereocenters. The molecule has 12 heteroatoms. The highest BCUT2D eigenvalue weighted by Crippen LogP contribution is 2.32. The molecule has 0 aliphatic carbocycles. The van der Waals surface area contributed by atoms with Crippen LogP contribution in [0.1, 0.15) is 42.6 Å². The third-order valence-electron chi connectivity index (χ3n) is 6.69. The topological polar surface area (TPSA) is 147 Å². The smallest absolute Gasteiger partial charge is 0.251 e. The van der Waals surface area contributed by atoms with E-state index in [4.69, 9.17) is 0 Å². The number of aromatic nitrogens is 5. The van der Waals surface area contributed by atoms with Crippen molar-refractivity contribution in [1.82, 2.24) is 35.6 Å². The van der Waals surface area contributed by atoms with Gasteiger partial charge >= 0.3 is 0 Å². The van der Waals surface area contributed by atoms with Crippen molar-refractivity contribution in [2.75, 3.05) is 37.3 Å². The van der Waals surface area contributed by atoms with Crippen LogP contribution in [-0.4, -0.2) is 63.4 Å². The number of nitrogens with one attached hydrogen (secondary N) is 4. The Morgan fingerprint density at radius 1 is 0.975 bits per heavy atom. The molecule has 3 heterocycles. The lowest BCUT2D eigenvalue weighted by molar-refractivity contribution is -0.118. The summed E-state index contributed by atoms with van der Waals surface area (Å²) in [5.41, 5.74) is 3.00. The highest BCUT2D eigenvalue weighted by molar-refractivity contribution is 6.06. The Labute approximate surface area is 231 Å². The summed E-state index contributed by atoms with van der Waals surface area (Å²) in [4.78, 5) is 45.0. The van der Waals surface area contributed by atoms with Gasteiger partial charge in [0, 0.05) is 69.2 Å². The van der Waals surface area contributed by atoms with Gasteiger partial charge in [-0.3, -0.25) is 14.6 Å². The number of halogens is 1. The Morgan fingerprint density at radius 2 is 1.75 bits per heavy atom. The minimum atomic E-state index is -0.477. The molecule has 11 nitrogen and oxygen atoms in total. The van der Waals surface area contributed by atoms with Crippen molar-refractivity contribution < 1.29 is 14.0 Å². The number of amides is 2. The SMILES string of the molecule is CNC(=O)c1ccnc2c(C(C)[C@H](C)CNc3cc(-c4cnc(NCCNC(C)=O)nc4)ncn3)ccc(F)c12. The fourth-order valence-corrected chi connectivity index (χ4v) is 4.26. The molecule has 0 radical (unpaired) electrons. The molecule has 208 valence electrons. The zero-order valence-electron chi connectivity index (χ0n) is 22.8. The Hall–Kier alpha value is -4.74. The van der Waals surface area contributed by atoms with E-state index in [0.29, 0.717) is 42.6 Å². The molecule has 2 amide bonds. The van der Waals surface area contributed by atoms with Crippen molar-refractivity contribution in [2.24, 2.45) is 5.92 Å². The van der Waals surface area contributed by atoms with Gasteiger partial charge in [0.25, 0.3) is 5.91 Å². The zero-order chi connectivity index (χ0) is 28.6. The molecule has 0 saturated heterocycles. The summed E-state index contributed by atoms with van der Waals surface area (Å²) in [7, 11) is 1.52. The van der Waals surface area contributed by atoms with Crippen molar-refractivity contribution in [2.45, 2.75) is 26.7 Å². The fourth-order valence-electron chi connectivity index (χ4n) is 4.26. The van der Waals surface area contributed by atoms with Crippen molar-refractivity contribution in [3.8, 4) is 11.3 Å². The number of fused-ring (bicyclic) bond motifs is 1. The van der Waals surface area contributed by atoms with E-state index in [1.54, 1.807) is 18.5 Å². The molecular formula is C28H32FN9O2. The van der Waals surface area contributed by atoms with E-state index in [2.05, 4.69) is 60.0 Å². The fraction of sp³-hybridized carbons (Fsp3) is 0.321. The standard InChI is InChI=1S/C28H32FN9O2/c1-16(17(2)20-5-6-22(29)25-21(27(40)30-4)7-8-32-26(20)25)12-34-24-11-23(37-15-38-24)19-13-35-28(36-14-19)33-10-9-31-18(3)39/h5-8,11,13-17H,9-10,12H2,1-4H3,(H,30,40)(H,31,39)(H,33,35,36)(H,34,37,38)/t16-,17?/m1/s1. The largest absolute Gasteiger partial charge is 0.370 e. The lowest BCUT2D eigenvalue weighted by atomic mass is 9.86. The quantitative estimate of drug-likeness (QED) is 0.208. The summed E-state index contributed by atoms with van der Waals surface area (Å²) in [6.07, 6.45) is 6.35. The molecule has 0 bridgehead atoms. The van der Waals surface area contributed by atoms with Gasteiger partial charge in [0.15, 0.2) is 0 Å². The van der Waals surface area contributed by atoms with Gasteiger partial charge < -0.3 is 21.3 Å². The third kappa shape index (κ3) is 6.63. The second-order valence-corrected chi connectivity index (χ2v) is 9.44. The van der Waals surface area contributed by atoms with Gasteiger partial charge in [-0.1, -0.05) is 19.9 Å². The molecule has 0 fully saturated rings. The van der Waals surface area contributed by atoms with Gasteiger partial charge in [-0.15, -0.1) is 0 Å². The summed E-state index contributed by atoms with van der Waals surface area (Å²) in [5, 5.41) is 11.9. The van der Waals surface area contributed by atoms with Crippen LogP contribution in [0, 0.1) is 11.7 Å². The average molecular weight is 546 g/mol. The van der Waals surface area contributed by atoms with Crippen molar-refractivity contribution in [3.05, 3.63) is 66.1 Å². The zero-order valence-corrected chi connectivity index (χ0v) is 22.8. The van der Waals surface area contributed by atoms with E-state index in [0.717, 1.165) is 11.1 Å². The molecule has 40 heavy (non-hydrogen) atoms. The van der Waals surface area contributed by atoms with Gasteiger partial charge in [0.05, 0.1) is 16.8 Å². The number of hydrogen-bond donors (Lipinski definition) is 4. The summed E-state index contributed by atoms with van der Waals surface area (Å²) in [6, 6.07) is 6.48. The third-order valence-corrected chi connectivity index (χ3v) is 6.69. The van der Waals surface area contributed by atoms with Crippen LogP contribution in [0.5, 0.6) is 0 Å². The van der Waals surface area contributed by atoms with Crippen LogP contribution in [0.3, 0.4) is 0 Å². The van der Waals surface area contributed by atoms with Crippen molar-refractivity contribution in [1.29, 1.82) is 0 Å². The summed E-state index contributed by atoms with van der Waals surface area (Å²) >= 11 is 0. The van der Waals surface area contributed by atoms with Crippen LogP contribution >= 0.6 is 0 Å². The molecular weight excluding hydrogens is 513 g/mol. The van der Waals surface area contributed by atoms with E-state index >= 15 is 0 Å². The number of rotatable bonds is 11. The first-order valence-corrected chi connectivity index (χ1v) is 12.9. The summed E-state index contributed by atoms with van der Waals surface area (Å²) < 4.78 is 14.8. The van der Waals surface area contributed by atoms with Crippen molar-refractivity contribution >= 4 is 34.5 Å². The molecule has 0 aliphatic heterocycles. The first kappa shape index (κ1) is 28.3. The minimum Gasteiger partial charge on any atom is -0.370 e. The Balaban J connectivity index is 1.42. The van der Waals surface area contributed by atoms with E-state index in [9.17, 15) is 14.0 Å². The molecule has 1 aromatic carbocycles. The minimum absolute atomic E-state index is 0.00318. The molecule has 4 rings (SSSR count). The first-order chi connectivity index (χ1) is 19.3. The van der Waals surface area contributed by atoms with E-state index < -0.39 is 5.82 Å². The summed E-state index contributed by atoms with van der Waals surface area (Å²) in [6.45, 7) is 7.18. The maximum atomic E-state index is 14.8. The molecule has 4 aromatic rings. The molecule has 4 N–H and O–H groups in total. The van der Waals surface area contributed by atoms with Gasteiger partial charge in [-0.2, -0.15) is 0 Å². The number of benzene rings is 1. The normalized spacial score (nSPS) is 12.4. The predicted octanol–water partition coefficient (Wildman–Crippen LogP) is 3.38. The highest BCUT2D eigenvalue weighted by Gasteiger charge is 2.22. The number of carbonyl (C=O) groups excluding carboxylic acids is 2. The molecule has 0 spiro atoms. The van der Waals surface area contributed by atoms with Crippen LogP contribution in [-0.2, 0) is 4.79 Å². The maximum Gasteiger partial charge on any atom is 0.251 e. The Morgan fingerprint density at radius 3 is 2.48 bits per heavy atom. The van der Waals surface area contributed by atoms with Crippen molar-refractivity contribution in [3.63, 3.8) is 0 Å². The molecule has 2 atom stereocenters. The Bertz CT molecular complexity index is 1500. The molecule has 0 saturated carbocycles. The molecule has 3 aromatic heterocycles. The lowest BCUT2D eigenvalue weighted by Crippen LogP contribution is -2.26. The van der Waals surface area contributed by atoms with Crippen LogP contribution < -0.4 is 21.3 Å². The first-order valence-electron chi connectivity index (χ1n) is 12.9. The van der Waals surface area contributed by atoms with Gasteiger partial charge in [-0.25, -0.2) is 24.3 Å². The second kappa shape index (κ2) is 12.9. The number of nitrogens with zero attached hydrogens (tertiary/aromatic N) is 5. The number of carbonyl (C=O) groups is 2. The predicted molar refractivity (Wildman–Crippen MR) is 151 cm³/mol. The van der Waals surface area contributed by atoms with E-state index in [-0.39, 0.29) is 34.6 Å². The molecule has 0 aliphatic rings. The van der Waals surface area contributed by atoms with E-state index in [1.807, 2.05) is 6.07 Å². The highest BCUT2D eigenvalue weighted by atomic mass is 19.1. The van der Waals surface area contributed by atoms with Gasteiger partial charge in [0.2, 0.25) is 11.9 Å². The van der Waals surface area contributed by atoms with Gasteiger partial charge in [-0.05, 0) is 29.5 Å². The summed E-state index contributed by atoms with van der Waals surface area (Å²) in [5.74, 6) is 0.290. The Kier molecular flexibility index (Phi) is 9.10. The number of pyridine rings is 1. The maximum absolute atomic E-state index is 14.8. The van der Waals surface area contributed by atoms with Gasteiger partial charge in [0.1, 0.15) is 18.0 Å². The number of anilines is 2. The van der Waals surface area contributed by atoms with Crippen LogP contribution in [0.15, 0.2) is 49.2 Å². The average Bonchev–Trinajstić information content (AvgIpc) is 2.97. The number of hydrogen-bond acceptors (Lipinski definition) is 9. The monoisotopic (exact) mass is 545 g/mol. The van der Waals surface area contributed by atoms with Crippen LogP contribution in [0.4, 0.5) is 16.2 Å². The lowest BCUT2D eigenvalue weighted by Gasteiger charge is -2.22.